The quantitative estimate of drug-likeness (QED) is 0.743. The van der Waals surface area contributed by atoms with Gasteiger partial charge in [0.25, 0.3) is 0 Å². The summed E-state index contributed by atoms with van der Waals surface area (Å²) >= 11 is 1.67. The Bertz CT molecular complexity index is 538. The maximum Gasteiger partial charge on any atom is 0.150 e. The second kappa shape index (κ2) is 7.13. The summed E-state index contributed by atoms with van der Waals surface area (Å²) in [4.78, 5) is 1.14. The first kappa shape index (κ1) is 16.8. The lowest BCUT2D eigenvalue weighted by Crippen LogP contribution is -2.39. The molecule has 1 aromatic rings. The van der Waals surface area contributed by atoms with Crippen LogP contribution in [-0.4, -0.2) is 49.1 Å². The molecule has 0 radical (unpaired) electrons. The van der Waals surface area contributed by atoms with Gasteiger partial charge in [-0.3, -0.25) is 0 Å². The molecule has 0 spiro atoms. The largest absolute Gasteiger partial charge is 0.396 e. The van der Waals surface area contributed by atoms with E-state index in [1.807, 2.05) is 30.3 Å². The zero-order chi connectivity index (χ0) is 15.3. The minimum Gasteiger partial charge on any atom is -0.396 e. The van der Waals surface area contributed by atoms with E-state index in [4.69, 9.17) is 0 Å². The van der Waals surface area contributed by atoms with Crippen molar-refractivity contribution in [3.63, 3.8) is 0 Å². The second-order valence-corrected chi connectivity index (χ2v) is 9.09. The Morgan fingerprint density at radius 2 is 1.86 bits per heavy atom. The topological polar surface area (TPSA) is 74.6 Å². The Hall–Kier alpha value is -0.560. The molecule has 0 amide bonds. The molecule has 0 aliphatic carbocycles. The van der Waals surface area contributed by atoms with Crippen LogP contribution in [0.2, 0.25) is 0 Å². The van der Waals surface area contributed by atoms with Crippen LogP contribution in [0, 0.1) is 11.3 Å². The number of aliphatic hydroxyl groups excluding tert-OH is 2. The number of rotatable bonds is 7. The van der Waals surface area contributed by atoms with Crippen LogP contribution in [0.5, 0.6) is 0 Å². The second-order valence-electron chi connectivity index (χ2n) is 5.69. The highest BCUT2D eigenvalue weighted by atomic mass is 32.2. The zero-order valence-corrected chi connectivity index (χ0v) is 13.6. The molecule has 0 aromatic heterocycles. The van der Waals surface area contributed by atoms with Crippen LogP contribution in [0.3, 0.4) is 0 Å². The van der Waals surface area contributed by atoms with Crippen molar-refractivity contribution in [2.24, 2.45) is 11.3 Å². The predicted octanol–water partition coefficient (Wildman–Crippen LogP) is 1.57. The SMILES string of the molecule is O=S1(=O)CCC(C(CO)(CO)CCSc2ccccc2)C1. The molecule has 21 heavy (non-hydrogen) atoms. The molecule has 1 atom stereocenters. The molecule has 1 aliphatic heterocycles. The average molecular weight is 330 g/mol. The molecule has 2 rings (SSSR count). The minimum atomic E-state index is -3.01. The predicted molar refractivity (Wildman–Crippen MR) is 85.1 cm³/mol. The molecule has 1 unspecified atom stereocenters. The summed E-state index contributed by atoms with van der Waals surface area (Å²) in [6.07, 6.45) is 1.15. The highest BCUT2D eigenvalue weighted by Gasteiger charge is 2.43. The third kappa shape index (κ3) is 4.22. The highest BCUT2D eigenvalue weighted by Crippen LogP contribution is 2.39. The number of sulfone groups is 1. The summed E-state index contributed by atoms with van der Waals surface area (Å²) in [5.74, 6) is 0.866. The van der Waals surface area contributed by atoms with Gasteiger partial charge in [0.2, 0.25) is 0 Å². The van der Waals surface area contributed by atoms with Crippen LogP contribution in [0.15, 0.2) is 35.2 Å². The van der Waals surface area contributed by atoms with Gasteiger partial charge in [0.15, 0.2) is 9.84 Å². The summed E-state index contributed by atoms with van der Waals surface area (Å²) < 4.78 is 23.3. The summed E-state index contributed by atoms with van der Waals surface area (Å²) in [5.41, 5.74) is -0.689. The molecule has 1 aromatic carbocycles. The van der Waals surface area contributed by atoms with Gasteiger partial charge in [-0.25, -0.2) is 8.42 Å². The summed E-state index contributed by atoms with van der Waals surface area (Å²) in [7, 11) is -3.01. The third-order valence-electron chi connectivity index (χ3n) is 4.34. The van der Waals surface area contributed by atoms with Gasteiger partial charge >= 0.3 is 0 Å². The van der Waals surface area contributed by atoms with Crippen molar-refractivity contribution < 1.29 is 18.6 Å². The van der Waals surface area contributed by atoms with E-state index in [-0.39, 0.29) is 30.6 Å². The lowest BCUT2D eigenvalue weighted by atomic mass is 9.74. The van der Waals surface area contributed by atoms with Crippen molar-refractivity contribution in [2.45, 2.75) is 17.7 Å². The molecular weight excluding hydrogens is 308 g/mol. The van der Waals surface area contributed by atoms with Gasteiger partial charge in [0.05, 0.1) is 24.7 Å². The number of aliphatic hydroxyl groups is 2. The minimum absolute atomic E-state index is 0.0874. The average Bonchev–Trinajstić information content (AvgIpc) is 2.86. The highest BCUT2D eigenvalue weighted by molar-refractivity contribution is 7.99. The first-order valence-corrected chi connectivity index (χ1v) is 9.92. The van der Waals surface area contributed by atoms with E-state index < -0.39 is 15.3 Å². The van der Waals surface area contributed by atoms with Gasteiger partial charge in [-0.15, -0.1) is 11.8 Å². The van der Waals surface area contributed by atoms with Crippen molar-refractivity contribution in [3.05, 3.63) is 30.3 Å². The van der Waals surface area contributed by atoms with Crippen LogP contribution in [-0.2, 0) is 9.84 Å². The molecule has 1 aliphatic rings. The molecule has 2 N–H and O–H groups in total. The van der Waals surface area contributed by atoms with Crippen molar-refractivity contribution in [2.75, 3.05) is 30.5 Å². The van der Waals surface area contributed by atoms with Crippen molar-refractivity contribution in [1.82, 2.24) is 0 Å². The smallest absolute Gasteiger partial charge is 0.150 e. The van der Waals surface area contributed by atoms with Gasteiger partial charge in [-0.2, -0.15) is 0 Å². The Kier molecular flexibility index (Phi) is 5.71. The van der Waals surface area contributed by atoms with Crippen LogP contribution in [0.25, 0.3) is 0 Å². The van der Waals surface area contributed by atoms with Crippen molar-refractivity contribution >= 4 is 21.6 Å². The Balaban J connectivity index is 1.98. The zero-order valence-electron chi connectivity index (χ0n) is 11.9. The van der Waals surface area contributed by atoms with E-state index in [1.165, 1.54) is 0 Å². The summed E-state index contributed by atoms with van der Waals surface area (Å²) in [6.45, 7) is -0.335. The molecular formula is C15H22O4S2. The molecule has 1 heterocycles. The van der Waals surface area contributed by atoms with Gasteiger partial charge in [0, 0.05) is 10.3 Å². The van der Waals surface area contributed by atoms with E-state index >= 15 is 0 Å². The monoisotopic (exact) mass is 330 g/mol. The summed E-state index contributed by atoms with van der Waals surface area (Å²) in [6, 6.07) is 9.93. The number of benzene rings is 1. The van der Waals surface area contributed by atoms with Gasteiger partial charge < -0.3 is 10.2 Å². The molecule has 4 nitrogen and oxygen atoms in total. The lowest BCUT2D eigenvalue weighted by Gasteiger charge is -2.35. The first-order valence-electron chi connectivity index (χ1n) is 7.11. The van der Waals surface area contributed by atoms with E-state index in [0.717, 1.165) is 10.6 Å². The number of hydrogen-bond donors (Lipinski definition) is 2. The van der Waals surface area contributed by atoms with E-state index in [0.29, 0.717) is 12.8 Å². The Morgan fingerprint density at radius 3 is 2.38 bits per heavy atom. The molecule has 0 saturated carbocycles. The first-order chi connectivity index (χ1) is 10.0. The number of thioether (sulfide) groups is 1. The molecule has 1 fully saturated rings. The van der Waals surface area contributed by atoms with Crippen LogP contribution < -0.4 is 0 Å². The number of hydrogen-bond acceptors (Lipinski definition) is 5. The van der Waals surface area contributed by atoms with Crippen LogP contribution in [0.4, 0.5) is 0 Å². The van der Waals surface area contributed by atoms with Gasteiger partial charge in [-0.05, 0) is 36.6 Å². The Morgan fingerprint density at radius 1 is 1.19 bits per heavy atom. The molecule has 6 heteroatoms. The fourth-order valence-corrected chi connectivity index (χ4v) is 5.87. The van der Waals surface area contributed by atoms with E-state index in [2.05, 4.69) is 0 Å². The maximum absolute atomic E-state index is 11.6. The molecule has 118 valence electrons. The van der Waals surface area contributed by atoms with E-state index in [9.17, 15) is 18.6 Å². The van der Waals surface area contributed by atoms with Crippen molar-refractivity contribution in [3.8, 4) is 0 Å². The normalized spacial score (nSPS) is 21.5. The fourth-order valence-electron chi connectivity index (χ4n) is 2.84. The maximum atomic E-state index is 11.6. The van der Waals surface area contributed by atoms with Gasteiger partial charge in [0.1, 0.15) is 0 Å². The van der Waals surface area contributed by atoms with Crippen LogP contribution in [0.1, 0.15) is 12.8 Å². The van der Waals surface area contributed by atoms with Crippen LogP contribution >= 0.6 is 11.8 Å². The van der Waals surface area contributed by atoms with Gasteiger partial charge in [-0.1, -0.05) is 18.2 Å². The van der Waals surface area contributed by atoms with E-state index in [1.54, 1.807) is 11.8 Å². The summed E-state index contributed by atoms with van der Waals surface area (Å²) in [5, 5.41) is 19.5. The molecule has 0 bridgehead atoms. The fraction of sp³-hybridized carbons (Fsp3) is 0.600. The third-order valence-corrected chi connectivity index (χ3v) is 7.12. The Labute approximate surface area is 130 Å². The lowest BCUT2D eigenvalue weighted by molar-refractivity contribution is 0.0101. The van der Waals surface area contributed by atoms with Crippen molar-refractivity contribution in [1.29, 1.82) is 0 Å². The standard InChI is InChI=1S/C15H22O4S2/c16-11-15(12-17,13-6-9-21(18,19)10-13)7-8-20-14-4-2-1-3-5-14/h1-5,13,16-17H,6-12H2. The molecule has 1 saturated heterocycles.